The molecule has 1 N–H and O–H groups in total. The molecule has 1 atom stereocenters. The second-order valence-corrected chi connectivity index (χ2v) is 5.00. The average molecular weight is 302 g/mol. The maximum atomic E-state index is 12.0. The van der Waals surface area contributed by atoms with Crippen LogP contribution in [0, 0.1) is 0 Å². The number of nitrogens with zero attached hydrogens (tertiary/aromatic N) is 2. The third kappa shape index (κ3) is 4.15. The fourth-order valence-corrected chi connectivity index (χ4v) is 1.99. The highest BCUT2D eigenvalue weighted by atomic mass is 79.9. The molecule has 1 rings (SSSR count). The molecule has 1 aromatic rings. The van der Waals surface area contributed by atoms with Crippen LogP contribution in [0.1, 0.15) is 42.9 Å². The van der Waals surface area contributed by atoms with Gasteiger partial charge in [-0.2, -0.15) is 5.10 Å². The van der Waals surface area contributed by atoms with Crippen molar-refractivity contribution in [3.05, 3.63) is 17.5 Å². The molecule has 1 aromatic heterocycles. The molecule has 96 valence electrons. The van der Waals surface area contributed by atoms with Gasteiger partial charge in [-0.3, -0.25) is 9.48 Å². The van der Waals surface area contributed by atoms with Crippen LogP contribution >= 0.6 is 15.9 Å². The lowest BCUT2D eigenvalue weighted by Crippen LogP contribution is -2.33. The number of nitrogens with one attached hydrogen (secondary N) is 1. The molecule has 0 aliphatic carbocycles. The monoisotopic (exact) mass is 301 g/mol. The molecule has 0 aliphatic heterocycles. The number of carbonyl (C=O) groups is 1. The van der Waals surface area contributed by atoms with Crippen molar-refractivity contribution in [3.8, 4) is 0 Å². The van der Waals surface area contributed by atoms with E-state index in [2.05, 4.69) is 26.3 Å². The van der Waals surface area contributed by atoms with E-state index in [0.717, 1.165) is 30.3 Å². The summed E-state index contributed by atoms with van der Waals surface area (Å²) in [6.45, 7) is 4.06. The van der Waals surface area contributed by atoms with Crippen molar-refractivity contribution < 1.29 is 4.79 Å². The van der Waals surface area contributed by atoms with Crippen LogP contribution in [0.15, 0.2) is 6.07 Å². The van der Waals surface area contributed by atoms with Crippen molar-refractivity contribution in [2.24, 2.45) is 7.05 Å². The van der Waals surface area contributed by atoms with Crippen molar-refractivity contribution in [1.82, 2.24) is 15.1 Å². The minimum absolute atomic E-state index is 0.0400. The van der Waals surface area contributed by atoms with Crippen LogP contribution in [-0.4, -0.2) is 27.1 Å². The summed E-state index contributed by atoms with van der Waals surface area (Å²) in [6.07, 6.45) is 2.89. The number of hydrogen-bond donors (Lipinski definition) is 1. The van der Waals surface area contributed by atoms with Gasteiger partial charge in [0.1, 0.15) is 5.69 Å². The van der Waals surface area contributed by atoms with Gasteiger partial charge in [0.15, 0.2) is 0 Å². The number of alkyl halides is 1. The number of halogens is 1. The molecule has 5 heteroatoms. The van der Waals surface area contributed by atoms with Crippen molar-refractivity contribution in [2.75, 3.05) is 5.33 Å². The number of amides is 1. The first-order chi connectivity index (χ1) is 8.08. The zero-order chi connectivity index (χ0) is 12.8. The lowest BCUT2D eigenvalue weighted by atomic mass is 10.2. The van der Waals surface area contributed by atoms with E-state index in [1.54, 1.807) is 11.7 Å². The molecule has 0 aliphatic rings. The topological polar surface area (TPSA) is 46.9 Å². The SMILES string of the molecule is CCc1cc(C(=O)NC(C)CCCBr)n(C)n1. The Morgan fingerprint density at radius 1 is 1.65 bits per heavy atom. The smallest absolute Gasteiger partial charge is 0.269 e. The molecule has 0 aromatic carbocycles. The van der Waals surface area contributed by atoms with Gasteiger partial charge in [0.25, 0.3) is 5.91 Å². The summed E-state index contributed by atoms with van der Waals surface area (Å²) in [5.41, 5.74) is 1.58. The van der Waals surface area contributed by atoms with E-state index in [9.17, 15) is 4.79 Å². The number of carbonyl (C=O) groups excluding carboxylic acids is 1. The van der Waals surface area contributed by atoms with Crippen molar-refractivity contribution in [2.45, 2.75) is 39.2 Å². The van der Waals surface area contributed by atoms with Crippen LogP contribution in [0.25, 0.3) is 0 Å². The summed E-state index contributed by atoms with van der Waals surface area (Å²) < 4.78 is 1.64. The second kappa shape index (κ2) is 6.79. The number of aryl methyl sites for hydroxylation is 2. The van der Waals surface area contributed by atoms with Gasteiger partial charge in [0, 0.05) is 18.4 Å². The second-order valence-electron chi connectivity index (χ2n) is 4.20. The van der Waals surface area contributed by atoms with Gasteiger partial charge in [-0.15, -0.1) is 0 Å². The minimum Gasteiger partial charge on any atom is -0.348 e. The molecule has 1 unspecified atom stereocenters. The van der Waals surface area contributed by atoms with Gasteiger partial charge < -0.3 is 5.32 Å². The van der Waals surface area contributed by atoms with Gasteiger partial charge in [-0.25, -0.2) is 0 Å². The number of aromatic nitrogens is 2. The summed E-state index contributed by atoms with van der Waals surface area (Å²) in [5.74, 6) is -0.0400. The molecule has 0 fully saturated rings. The van der Waals surface area contributed by atoms with Crippen LogP contribution in [0.4, 0.5) is 0 Å². The molecule has 1 heterocycles. The van der Waals surface area contributed by atoms with Gasteiger partial charge >= 0.3 is 0 Å². The molecule has 0 bridgehead atoms. The molecular formula is C12H20BrN3O. The molecule has 0 saturated heterocycles. The predicted molar refractivity (Wildman–Crippen MR) is 72.5 cm³/mol. The van der Waals surface area contributed by atoms with Crippen LogP contribution in [-0.2, 0) is 13.5 Å². The summed E-state index contributed by atoms with van der Waals surface area (Å²) in [6, 6.07) is 2.05. The van der Waals surface area contributed by atoms with Crippen LogP contribution in [0.5, 0.6) is 0 Å². The Morgan fingerprint density at radius 2 is 2.35 bits per heavy atom. The van der Waals surface area contributed by atoms with Crippen molar-refractivity contribution >= 4 is 21.8 Å². The largest absolute Gasteiger partial charge is 0.348 e. The molecule has 0 spiro atoms. The maximum Gasteiger partial charge on any atom is 0.269 e. The average Bonchev–Trinajstić information content (AvgIpc) is 2.68. The third-order valence-electron chi connectivity index (χ3n) is 2.67. The van der Waals surface area contributed by atoms with E-state index in [4.69, 9.17) is 0 Å². The lowest BCUT2D eigenvalue weighted by molar-refractivity contribution is 0.0929. The third-order valence-corrected chi connectivity index (χ3v) is 3.23. The highest BCUT2D eigenvalue weighted by molar-refractivity contribution is 9.09. The van der Waals surface area contributed by atoms with Crippen molar-refractivity contribution in [3.63, 3.8) is 0 Å². The fourth-order valence-electron chi connectivity index (χ4n) is 1.67. The zero-order valence-corrected chi connectivity index (χ0v) is 12.2. The molecule has 0 radical (unpaired) electrons. The molecule has 0 saturated carbocycles. The highest BCUT2D eigenvalue weighted by Crippen LogP contribution is 2.05. The Kier molecular flexibility index (Phi) is 5.68. The van der Waals surface area contributed by atoms with Gasteiger partial charge in [0.2, 0.25) is 0 Å². The van der Waals surface area contributed by atoms with Gasteiger partial charge in [0.05, 0.1) is 5.69 Å². The zero-order valence-electron chi connectivity index (χ0n) is 10.7. The summed E-state index contributed by atoms with van der Waals surface area (Å²) in [7, 11) is 1.80. The van der Waals surface area contributed by atoms with E-state index < -0.39 is 0 Å². The van der Waals surface area contributed by atoms with E-state index in [1.165, 1.54) is 0 Å². The number of rotatable bonds is 6. The predicted octanol–water partition coefficient (Wildman–Crippen LogP) is 2.28. The summed E-state index contributed by atoms with van der Waals surface area (Å²) in [5, 5.41) is 8.23. The fraction of sp³-hybridized carbons (Fsp3) is 0.667. The normalized spacial score (nSPS) is 12.5. The quantitative estimate of drug-likeness (QED) is 0.820. The molecular weight excluding hydrogens is 282 g/mol. The maximum absolute atomic E-state index is 12.0. The molecule has 17 heavy (non-hydrogen) atoms. The van der Waals surface area contributed by atoms with E-state index >= 15 is 0 Å². The lowest BCUT2D eigenvalue weighted by Gasteiger charge is -2.12. The Morgan fingerprint density at radius 3 is 2.88 bits per heavy atom. The van der Waals surface area contributed by atoms with Crippen LogP contribution in [0.2, 0.25) is 0 Å². The van der Waals surface area contributed by atoms with Gasteiger partial charge in [-0.1, -0.05) is 22.9 Å². The Labute approximate surface area is 111 Å². The van der Waals surface area contributed by atoms with Gasteiger partial charge in [-0.05, 0) is 32.3 Å². The Balaban J connectivity index is 2.59. The first-order valence-electron chi connectivity index (χ1n) is 5.98. The first kappa shape index (κ1) is 14.2. The standard InChI is InChI=1S/C12H20BrN3O/c1-4-10-8-11(16(3)15-10)12(17)14-9(2)6-5-7-13/h8-9H,4-7H2,1-3H3,(H,14,17). The van der Waals surface area contributed by atoms with E-state index in [-0.39, 0.29) is 11.9 Å². The number of hydrogen-bond acceptors (Lipinski definition) is 2. The molecule has 4 nitrogen and oxygen atoms in total. The van der Waals surface area contributed by atoms with Crippen LogP contribution in [0.3, 0.4) is 0 Å². The highest BCUT2D eigenvalue weighted by Gasteiger charge is 2.14. The van der Waals surface area contributed by atoms with E-state index in [0.29, 0.717) is 5.69 Å². The summed E-state index contributed by atoms with van der Waals surface area (Å²) in [4.78, 5) is 12.0. The van der Waals surface area contributed by atoms with Crippen LogP contribution < -0.4 is 5.32 Å². The molecule has 1 amide bonds. The van der Waals surface area contributed by atoms with E-state index in [1.807, 2.05) is 19.9 Å². The minimum atomic E-state index is -0.0400. The van der Waals surface area contributed by atoms with Crippen molar-refractivity contribution in [1.29, 1.82) is 0 Å². The first-order valence-corrected chi connectivity index (χ1v) is 7.10. The summed E-state index contributed by atoms with van der Waals surface area (Å²) >= 11 is 3.39. The Hall–Kier alpha value is -0.840. The Bertz CT molecular complexity index is 376.